The molecule has 1 aliphatic heterocycles. The Kier molecular flexibility index (Phi) is 10.1. The van der Waals surface area contributed by atoms with Crippen molar-refractivity contribution in [2.45, 2.75) is 32.4 Å². The number of aryl methyl sites for hydroxylation is 1. The second-order valence-corrected chi connectivity index (χ2v) is 5.21. The van der Waals surface area contributed by atoms with E-state index in [2.05, 4.69) is 22.5 Å². The maximum Gasteiger partial charge on any atom is 0.222 e. The number of aromatic nitrogens is 1. The monoisotopic (exact) mass is 341 g/mol. The molecule has 0 bridgehead atoms. The van der Waals surface area contributed by atoms with Crippen LogP contribution in [0.25, 0.3) is 0 Å². The van der Waals surface area contributed by atoms with Crippen LogP contribution in [0.4, 0.5) is 0 Å². The van der Waals surface area contributed by atoms with Gasteiger partial charge in [0.2, 0.25) is 5.91 Å². The normalized spacial score (nSPS) is 17.8. The molecule has 0 radical (unpaired) electrons. The Bertz CT molecular complexity index is 398. The molecule has 0 aliphatic carbocycles. The van der Waals surface area contributed by atoms with E-state index in [0.717, 1.165) is 30.2 Å². The topological polar surface area (TPSA) is 63.2 Å². The highest BCUT2D eigenvalue weighted by molar-refractivity contribution is 7.09. The first-order chi connectivity index (χ1) is 8.78. The van der Waals surface area contributed by atoms with Gasteiger partial charge in [-0.25, -0.2) is 4.98 Å². The van der Waals surface area contributed by atoms with Crippen molar-refractivity contribution in [3.05, 3.63) is 16.1 Å². The first-order valence-electron chi connectivity index (χ1n) is 6.30. The Hall–Kier alpha value is -0.400. The number of morpholine rings is 1. The van der Waals surface area contributed by atoms with E-state index in [1.54, 1.807) is 11.3 Å². The van der Waals surface area contributed by atoms with E-state index in [4.69, 9.17) is 4.74 Å². The molecular weight excluding hydrogens is 321 g/mol. The lowest BCUT2D eigenvalue weighted by molar-refractivity contribution is -0.124. The molecule has 1 fully saturated rings. The Morgan fingerprint density at radius 2 is 2.40 bits per heavy atom. The molecule has 0 saturated carbocycles. The Balaban J connectivity index is 0.00000180. The molecule has 116 valence electrons. The van der Waals surface area contributed by atoms with E-state index in [1.807, 2.05) is 5.38 Å². The highest BCUT2D eigenvalue weighted by Gasteiger charge is 2.17. The number of ether oxygens (including phenoxy) is 1. The Morgan fingerprint density at radius 1 is 1.60 bits per heavy atom. The van der Waals surface area contributed by atoms with E-state index in [-0.39, 0.29) is 36.8 Å². The first-order valence-corrected chi connectivity index (χ1v) is 7.18. The number of hydrogen-bond donors (Lipinski definition) is 2. The quantitative estimate of drug-likeness (QED) is 0.852. The van der Waals surface area contributed by atoms with Crippen LogP contribution in [0.2, 0.25) is 0 Å². The molecule has 1 aromatic heterocycles. The lowest BCUT2D eigenvalue weighted by atomic mass is 10.2. The molecule has 1 aliphatic rings. The summed E-state index contributed by atoms with van der Waals surface area (Å²) in [4.78, 5) is 16.1. The largest absolute Gasteiger partial charge is 0.375 e. The van der Waals surface area contributed by atoms with Gasteiger partial charge in [0.1, 0.15) is 0 Å². The summed E-state index contributed by atoms with van der Waals surface area (Å²) < 4.78 is 5.49. The predicted octanol–water partition coefficient (Wildman–Crippen LogP) is 1.54. The van der Waals surface area contributed by atoms with Gasteiger partial charge in [-0.2, -0.15) is 0 Å². The van der Waals surface area contributed by atoms with E-state index in [0.29, 0.717) is 19.6 Å². The first kappa shape index (κ1) is 19.6. The predicted molar refractivity (Wildman–Crippen MR) is 85.1 cm³/mol. The van der Waals surface area contributed by atoms with Crippen LogP contribution in [0, 0.1) is 0 Å². The number of nitrogens with one attached hydrogen (secondary N) is 2. The van der Waals surface area contributed by atoms with Crippen LogP contribution in [0.15, 0.2) is 5.38 Å². The summed E-state index contributed by atoms with van der Waals surface area (Å²) >= 11 is 1.64. The molecule has 1 atom stereocenters. The second kappa shape index (κ2) is 10.3. The van der Waals surface area contributed by atoms with E-state index in [9.17, 15) is 4.79 Å². The van der Waals surface area contributed by atoms with E-state index >= 15 is 0 Å². The van der Waals surface area contributed by atoms with Gasteiger partial charge in [-0.05, 0) is 6.42 Å². The third-order valence-electron chi connectivity index (χ3n) is 2.79. The van der Waals surface area contributed by atoms with Crippen LogP contribution >= 0.6 is 36.2 Å². The Morgan fingerprint density at radius 3 is 3.00 bits per heavy atom. The number of carbonyl (C=O) groups is 1. The molecule has 1 aromatic rings. The SMILES string of the molecule is CCc1nc(CNC(=O)CC2CNCCO2)cs1.Cl.Cl. The summed E-state index contributed by atoms with van der Waals surface area (Å²) in [6.07, 6.45) is 1.36. The fourth-order valence-corrected chi connectivity index (χ4v) is 2.56. The number of carbonyl (C=O) groups excluding carboxylic acids is 1. The summed E-state index contributed by atoms with van der Waals surface area (Å²) in [5.41, 5.74) is 0.938. The molecule has 0 spiro atoms. The van der Waals surface area contributed by atoms with Gasteiger partial charge in [0.25, 0.3) is 0 Å². The van der Waals surface area contributed by atoms with Gasteiger partial charge in [0.15, 0.2) is 0 Å². The molecule has 5 nitrogen and oxygen atoms in total. The van der Waals surface area contributed by atoms with Gasteiger partial charge in [-0.1, -0.05) is 6.92 Å². The van der Waals surface area contributed by atoms with Crippen LogP contribution in [0.1, 0.15) is 24.0 Å². The average molecular weight is 342 g/mol. The fraction of sp³-hybridized carbons (Fsp3) is 0.667. The zero-order valence-corrected chi connectivity index (χ0v) is 13.8. The van der Waals surface area contributed by atoms with Crippen molar-refractivity contribution in [3.8, 4) is 0 Å². The molecule has 0 aromatic carbocycles. The molecule has 1 saturated heterocycles. The zero-order valence-electron chi connectivity index (χ0n) is 11.4. The number of thiazole rings is 1. The fourth-order valence-electron chi connectivity index (χ4n) is 1.81. The van der Waals surface area contributed by atoms with Gasteiger partial charge in [-0.15, -0.1) is 36.2 Å². The molecule has 2 rings (SSSR count). The molecule has 2 N–H and O–H groups in total. The second-order valence-electron chi connectivity index (χ2n) is 4.26. The summed E-state index contributed by atoms with van der Waals surface area (Å²) in [6, 6.07) is 0. The van der Waals surface area contributed by atoms with Crippen molar-refractivity contribution in [3.63, 3.8) is 0 Å². The van der Waals surface area contributed by atoms with Crippen molar-refractivity contribution >= 4 is 42.1 Å². The molecular formula is C12H21Cl2N3O2S. The lowest BCUT2D eigenvalue weighted by Crippen LogP contribution is -2.41. The number of amides is 1. The van der Waals surface area contributed by atoms with E-state index < -0.39 is 0 Å². The smallest absolute Gasteiger partial charge is 0.222 e. The Labute approximate surface area is 135 Å². The summed E-state index contributed by atoms with van der Waals surface area (Å²) in [7, 11) is 0. The van der Waals surface area contributed by atoms with Crippen molar-refractivity contribution in [2.75, 3.05) is 19.7 Å². The number of halogens is 2. The molecule has 1 amide bonds. The van der Waals surface area contributed by atoms with Crippen molar-refractivity contribution in [2.24, 2.45) is 0 Å². The minimum absolute atomic E-state index is 0. The van der Waals surface area contributed by atoms with Gasteiger partial charge < -0.3 is 15.4 Å². The summed E-state index contributed by atoms with van der Waals surface area (Å²) in [5.74, 6) is 0.0229. The third-order valence-corrected chi connectivity index (χ3v) is 3.83. The number of rotatable bonds is 5. The van der Waals surface area contributed by atoms with Gasteiger partial charge in [0.05, 0.1) is 36.4 Å². The van der Waals surface area contributed by atoms with E-state index in [1.165, 1.54) is 0 Å². The molecule has 1 unspecified atom stereocenters. The van der Waals surface area contributed by atoms with Gasteiger partial charge in [0, 0.05) is 18.5 Å². The minimum Gasteiger partial charge on any atom is -0.375 e. The lowest BCUT2D eigenvalue weighted by Gasteiger charge is -2.22. The van der Waals surface area contributed by atoms with Gasteiger partial charge in [-0.3, -0.25) is 4.79 Å². The van der Waals surface area contributed by atoms with Crippen LogP contribution in [-0.4, -0.2) is 36.7 Å². The highest BCUT2D eigenvalue weighted by Crippen LogP contribution is 2.10. The molecule has 20 heavy (non-hydrogen) atoms. The maximum atomic E-state index is 11.7. The van der Waals surface area contributed by atoms with Crippen molar-refractivity contribution in [1.29, 1.82) is 0 Å². The maximum absolute atomic E-state index is 11.7. The number of nitrogens with zero attached hydrogens (tertiary/aromatic N) is 1. The molecule has 2 heterocycles. The highest BCUT2D eigenvalue weighted by atomic mass is 35.5. The van der Waals surface area contributed by atoms with Crippen molar-refractivity contribution < 1.29 is 9.53 Å². The standard InChI is InChI=1S/C12H19N3O2S.2ClH/c1-2-12-15-9(8-18-12)6-14-11(16)5-10-7-13-3-4-17-10;;/h8,10,13H,2-7H2,1H3,(H,14,16);2*1H. The average Bonchev–Trinajstić information content (AvgIpc) is 2.85. The third kappa shape index (κ3) is 6.37. The van der Waals surface area contributed by atoms with Crippen LogP contribution in [0.5, 0.6) is 0 Å². The molecule has 8 heteroatoms. The summed E-state index contributed by atoms with van der Waals surface area (Å²) in [6.45, 7) is 4.90. The van der Waals surface area contributed by atoms with Crippen molar-refractivity contribution in [1.82, 2.24) is 15.6 Å². The van der Waals surface area contributed by atoms with Crippen LogP contribution in [0.3, 0.4) is 0 Å². The zero-order chi connectivity index (χ0) is 12.8. The number of hydrogen-bond acceptors (Lipinski definition) is 5. The van der Waals surface area contributed by atoms with Gasteiger partial charge >= 0.3 is 0 Å². The minimum atomic E-state index is 0. The van der Waals surface area contributed by atoms with Crippen LogP contribution < -0.4 is 10.6 Å². The van der Waals surface area contributed by atoms with Crippen LogP contribution in [-0.2, 0) is 22.5 Å². The summed E-state index contributed by atoms with van der Waals surface area (Å²) in [5, 5.41) is 9.20.